The molecule has 0 spiro atoms. The first-order chi connectivity index (χ1) is 13.0. The van der Waals surface area contributed by atoms with Crippen LogP contribution in [-0.4, -0.2) is 19.9 Å². The second-order valence-electron chi connectivity index (χ2n) is 5.93. The molecule has 7 heteroatoms. The lowest BCUT2D eigenvalue weighted by Gasteiger charge is -2.07. The number of nitrogens with zero attached hydrogens (tertiary/aromatic N) is 3. The van der Waals surface area contributed by atoms with Gasteiger partial charge in [-0.3, -0.25) is 9.97 Å². The summed E-state index contributed by atoms with van der Waals surface area (Å²) in [5.41, 5.74) is 2.86. The van der Waals surface area contributed by atoms with Crippen LogP contribution in [0.2, 0.25) is 0 Å². The summed E-state index contributed by atoms with van der Waals surface area (Å²) < 4.78 is 38.9. The standard InChI is InChI=1S/C20H13F3N4/c1-2-12-8-15(18(25-10-12)13-4-3-7-24-11-13)19-26-16-6-5-14(20(21,22)23)9-17(16)27-19/h2-11H,1H2,(H,26,27). The molecule has 1 aromatic carbocycles. The van der Waals surface area contributed by atoms with Crippen LogP contribution in [0.4, 0.5) is 13.2 Å². The van der Waals surface area contributed by atoms with E-state index >= 15 is 0 Å². The minimum Gasteiger partial charge on any atom is -0.338 e. The lowest BCUT2D eigenvalue weighted by molar-refractivity contribution is -0.137. The van der Waals surface area contributed by atoms with Crippen molar-refractivity contribution < 1.29 is 13.2 Å². The smallest absolute Gasteiger partial charge is 0.338 e. The minimum absolute atomic E-state index is 0.306. The highest BCUT2D eigenvalue weighted by Crippen LogP contribution is 2.34. The van der Waals surface area contributed by atoms with Gasteiger partial charge in [-0.2, -0.15) is 13.2 Å². The van der Waals surface area contributed by atoms with Crippen LogP contribution in [0.1, 0.15) is 11.1 Å². The molecule has 1 N–H and O–H groups in total. The van der Waals surface area contributed by atoms with E-state index in [1.54, 1.807) is 30.7 Å². The molecule has 0 aliphatic carbocycles. The van der Waals surface area contributed by atoms with Crippen molar-refractivity contribution in [2.75, 3.05) is 0 Å². The molecule has 0 saturated carbocycles. The topological polar surface area (TPSA) is 54.5 Å². The van der Waals surface area contributed by atoms with E-state index in [0.717, 1.165) is 23.3 Å². The summed E-state index contributed by atoms with van der Waals surface area (Å²) in [4.78, 5) is 16.0. The van der Waals surface area contributed by atoms with Crippen LogP contribution >= 0.6 is 0 Å². The first kappa shape index (κ1) is 17.0. The van der Waals surface area contributed by atoms with Crippen LogP contribution in [0, 0.1) is 0 Å². The SMILES string of the molecule is C=Cc1cnc(-c2cccnc2)c(-c2nc3ccc(C(F)(F)F)cc3[nH]2)c1. The van der Waals surface area contributed by atoms with E-state index in [-0.39, 0.29) is 0 Å². The van der Waals surface area contributed by atoms with Gasteiger partial charge in [0, 0.05) is 29.7 Å². The third-order valence-electron chi connectivity index (χ3n) is 4.14. The third kappa shape index (κ3) is 3.19. The Kier molecular flexibility index (Phi) is 3.99. The van der Waals surface area contributed by atoms with Crippen LogP contribution < -0.4 is 0 Å². The summed E-state index contributed by atoms with van der Waals surface area (Å²) in [5, 5.41) is 0. The number of fused-ring (bicyclic) bond motifs is 1. The first-order valence-corrected chi connectivity index (χ1v) is 8.06. The minimum atomic E-state index is -4.41. The number of aromatic amines is 1. The van der Waals surface area contributed by atoms with Crippen molar-refractivity contribution in [2.24, 2.45) is 0 Å². The molecule has 0 unspecified atom stereocenters. The molecule has 0 amide bonds. The number of imidazole rings is 1. The fraction of sp³-hybridized carbons (Fsp3) is 0.0500. The predicted molar refractivity (Wildman–Crippen MR) is 97.6 cm³/mol. The lowest BCUT2D eigenvalue weighted by atomic mass is 10.0. The van der Waals surface area contributed by atoms with Gasteiger partial charge < -0.3 is 4.98 Å². The Labute approximate surface area is 152 Å². The molecule has 3 aromatic heterocycles. The summed E-state index contributed by atoms with van der Waals surface area (Å²) in [6.07, 6.45) is 2.23. The highest BCUT2D eigenvalue weighted by atomic mass is 19.4. The van der Waals surface area contributed by atoms with Crippen molar-refractivity contribution in [3.63, 3.8) is 0 Å². The van der Waals surface area contributed by atoms with Crippen LogP contribution in [0.5, 0.6) is 0 Å². The number of alkyl halides is 3. The average molecular weight is 366 g/mol. The molecule has 0 fully saturated rings. The number of rotatable bonds is 3. The summed E-state index contributed by atoms with van der Waals surface area (Å²) in [7, 11) is 0. The average Bonchev–Trinajstić information content (AvgIpc) is 3.11. The van der Waals surface area contributed by atoms with Crippen molar-refractivity contribution in [3.05, 3.63) is 72.7 Å². The maximum Gasteiger partial charge on any atom is 0.416 e. The molecular formula is C20H13F3N4. The quantitative estimate of drug-likeness (QED) is 0.532. The first-order valence-electron chi connectivity index (χ1n) is 8.06. The van der Waals surface area contributed by atoms with Crippen molar-refractivity contribution in [3.8, 4) is 22.6 Å². The molecule has 134 valence electrons. The second-order valence-corrected chi connectivity index (χ2v) is 5.93. The van der Waals surface area contributed by atoms with Gasteiger partial charge in [-0.25, -0.2) is 4.98 Å². The fourth-order valence-electron chi connectivity index (χ4n) is 2.82. The van der Waals surface area contributed by atoms with Gasteiger partial charge in [-0.05, 0) is 42.0 Å². The normalized spacial score (nSPS) is 11.7. The molecule has 4 nitrogen and oxygen atoms in total. The molecule has 3 heterocycles. The Balaban J connectivity index is 1.91. The fourth-order valence-corrected chi connectivity index (χ4v) is 2.82. The zero-order valence-corrected chi connectivity index (χ0v) is 14.0. The van der Waals surface area contributed by atoms with Crippen LogP contribution in [0.15, 0.2) is 61.6 Å². The maximum atomic E-state index is 13.0. The number of halogens is 3. The summed E-state index contributed by atoms with van der Waals surface area (Å²) in [5.74, 6) is 0.430. The number of pyridine rings is 2. The number of hydrogen-bond acceptors (Lipinski definition) is 3. The largest absolute Gasteiger partial charge is 0.416 e. The molecule has 4 aromatic rings. The van der Waals surface area contributed by atoms with E-state index in [0.29, 0.717) is 28.1 Å². The number of nitrogens with one attached hydrogen (secondary N) is 1. The maximum absolute atomic E-state index is 13.0. The molecule has 0 aliphatic rings. The Hall–Kier alpha value is -3.48. The van der Waals surface area contributed by atoms with Gasteiger partial charge in [0.25, 0.3) is 0 Å². The second kappa shape index (κ2) is 6.35. The number of benzene rings is 1. The van der Waals surface area contributed by atoms with E-state index < -0.39 is 11.7 Å². The molecule has 0 saturated heterocycles. The Bertz CT molecular complexity index is 1130. The molecule has 27 heavy (non-hydrogen) atoms. The third-order valence-corrected chi connectivity index (χ3v) is 4.14. The summed E-state index contributed by atoms with van der Waals surface area (Å²) in [6.45, 7) is 3.74. The number of hydrogen-bond donors (Lipinski definition) is 1. The van der Waals surface area contributed by atoms with Crippen molar-refractivity contribution >= 4 is 17.1 Å². The summed E-state index contributed by atoms with van der Waals surface area (Å²) >= 11 is 0. The van der Waals surface area contributed by atoms with E-state index in [4.69, 9.17) is 0 Å². The van der Waals surface area contributed by atoms with E-state index in [1.165, 1.54) is 6.07 Å². The van der Waals surface area contributed by atoms with Gasteiger partial charge in [-0.15, -0.1) is 0 Å². The monoisotopic (exact) mass is 366 g/mol. The highest BCUT2D eigenvalue weighted by molar-refractivity contribution is 5.85. The van der Waals surface area contributed by atoms with Crippen LogP contribution in [-0.2, 0) is 6.18 Å². The van der Waals surface area contributed by atoms with Crippen LogP contribution in [0.25, 0.3) is 39.8 Å². The van der Waals surface area contributed by atoms with Crippen molar-refractivity contribution in [1.82, 2.24) is 19.9 Å². The Morgan fingerprint density at radius 1 is 1.07 bits per heavy atom. The van der Waals surface area contributed by atoms with Gasteiger partial charge in [0.2, 0.25) is 0 Å². The lowest BCUT2D eigenvalue weighted by Crippen LogP contribution is -2.04. The molecule has 0 bridgehead atoms. The van der Waals surface area contributed by atoms with Gasteiger partial charge in [0.05, 0.1) is 22.3 Å². The van der Waals surface area contributed by atoms with Gasteiger partial charge in [0.15, 0.2) is 0 Å². The zero-order chi connectivity index (χ0) is 19.0. The number of H-pyrrole nitrogens is 1. The van der Waals surface area contributed by atoms with E-state index in [2.05, 4.69) is 26.5 Å². The highest BCUT2D eigenvalue weighted by Gasteiger charge is 2.30. The van der Waals surface area contributed by atoms with Gasteiger partial charge >= 0.3 is 6.18 Å². The van der Waals surface area contributed by atoms with Crippen molar-refractivity contribution in [1.29, 1.82) is 0 Å². The molecule has 0 aliphatic heterocycles. The summed E-state index contributed by atoms with van der Waals surface area (Å²) in [6, 6.07) is 8.92. The Morgan fingerprint density at radius 2 is 1.93 bits per heavy atom. The zero-order valence-electron chi connectivity index (χ0n) is 14.0. The van der Waals surface area contributed by atoms with E-state index in [9.17, 15) is 13.2 Å². The molecule has 0 atom stereocenters. The number of aromatic nitrogens is 4. The van der Waals surface area contributed by atoms with Crippen molar-refractivity contribution in [2.45, 2.75) is 6.18 Å². The van der Waals surface area contributed by atoms with Gasteiger partial charge in [-0.1, -0.05) is 12.7 Å². The van der Waals surface area contributed by atoms with Gasteiger partial charge in [0.1, 0.15) is 5.82 Å². The molecular weight excluding hydrogens is 353 g/mol. The molecule has 4 rings (SSSR count). The van der Waals surface area contributed by atoms with Crippen LogP contribution in [0.3, 0.4) is 0 Å². The predicted octanol–water partition coefficient (Wildman–Crippen LogP) is 5.35. The Morgan fingerprint density at radius 3 is 2.63 bits per heavy atom. The molecule has 0 radical (unpaired) electrons. The van der Waals surface area contributed by atoms with E-state index in [1.807, 2.05) is 12.1 Å².